The first-order valence-electron chi connectivity index (χ1n) is 22.5. The molecule has 0 radical (unpaired) electrons. The number of benzene rings is 4. The number of nitrogens with zero attached hydrogens (tertiary/aromatic N) is 6. The lowest BCUT2D eigenvalue weighted by atomic mass is 9.72. The molecular weight excluding hydrogens is 910 g/mol. The summed E-state index contributed by atoms with van der Waals surface area (Å²) in [4.78, 5) is 42.0. The smallest absolute Gasteiger partial charge is 0.293 e. The number of hydrogen-bond acceptors (Lipinski definition) is 13. The summed E-state index contributed by atoms with van der Waals surface area (Å²) in [6, 6.07) is 24.3. The van der Waals surface area contributed by atoms with E-state index in [1.54, 1.807) is 41.8 Å². The molecule has 9 rings (SSSR count). The molecule has 67 heavy (non-hydrogen) atoms. The average Bonchev–Trinajstić information content (AvgIpc) is 4.02. The molecule has 2 fully saturated rings. The number of carbonyl (C=O) groups excluding carboxylic acids is 1. The first kappa shape index (κ1) is 46.3. The van der Waals surface area contributed by atoms with Crippen molar-refractivity contribution in [2.24, 2.45) is 5.41 Å². The Morgan fingerprint density at radius 3 is 2.40 bits per heavy atom. The Morgan fingerprint density at radius 2 is 1.66 bits per heavy atom. The van der Waals surface area contributed by atoms with Gasteiger partial charge in [-0.25, -0.2) is 18.1 Å². The number of amides is 1. The summed E-state index contributed by atoms with van der Waals surface area (Å²) in [5.74, 6) is -0.310. The van der Waals surface area contributed by atoms with Crippen molar-refractivity contribution in [1.82, 2.24) is 29.4 Å². The van der Waals surface area contributed by atoms with E-state index in [0.29, 0.717) is 12.4 Å². The Morgan fingerprint density at radius 1 is 0.910 bits per heavy atom. The number of rotatable bonds is 15. The van der Waals surface area contributed by atoms with Crippen molar-refractivity contribution in [3.05, 3.63) is 140 Å². The van der Waals surface area contributed by atoms with E-state index in [2.05, 4.69) is 65.6 Å². The zero-order chi connectivity index (χ0) is 46.7. The Labute approximate surface area is 399 Å². The summed E-state index contributed by atoms with van der Waals surface area (Å²) < 4.78 is 36.2. The maximum atomic E-state index is 14.0. The number of nitrogens with one attached hydrogen (secondary N) is 3. The molecule has 2 saturated heterocycles. The largest absolute Gasteiger partial charge is 0.456 e. The van der Waals surface area contributed by atoms with Gasteiger partial charge in [-0.15, -0.1) is 11.3 Å². The van der Waals surface area contributed by atoms with Crippen molar-refractivity contribution >= 4 is 72.4 Å². The lowest BCUT2D eigenvalue weighted by molar-refractivity contribution is -0.384. The highest BCUT2D eigenvalue weighted by Crippen LogP contribution is 2.43. The minimum Gasteiger partial charge on any atom is -0.456 e. The summed E-state index contributed by atoms with van der Waals surface area (Å²) in [5, 5.41) is 20.0. The molecule has 1 amide bonds. The third-order valence-corrected chi connectivity index (χ3v) is 15.3. The van der Waals surface area contributed by atoms with Crippen LogP contribution in [0.1, 0.15) is 54.0 Å². The molecule has 4 aromatic carbocycles. The van der Waals surface area contributed by atoms with Crippen LogP contribution in [0.4, 0.5) is 17.1 Å². The summed E-state index contributed by atoms with van der Waals surface area (Å²) in [7, 11) is -4.57. The van der Waals surface area contributed by atoms with Crippen LogP contribution in [0.25, 0.3) is 16.5 Å². The van der Waals surface area contributed by atoms with Gasteiger partial charge in [0.1, 0.15) is 22.2 Å². The monoisotopic (exact) mass is 963 g/mol. The van der Waals surface area contributed by atoms with Gasteiger partial charge in [0.05, 0.1) is 28.6 Å². The van der Waals surface area contributed by atoms with Gasteiger partial charge in [-0.3, -0.25) is 29.6 Å². The highest BCUT2D eigenvalue weighted by atomic mass is 35.5. The Balaban J connectivity index is 0.889. The van der Waals surface area contributed by atoms with E-state index in [4.69, 9.17) is 16.3 Å². The predicted molar refractivity (Wildman–Crippen MR) is 265 cm³/mol. The van der Waals surface area contributed by atoms with E-state index in [9.17, 15) is 23.3 Å². The number of sulfonamides is 1. The SMILES string of the molecule is CC1(C)CCC(CN2CCN(c3ccc(C(=O)NS(=O)(=O)c4ccc(NCN5CCN(Cc6nccs6)CC5)c([N+](=O)[O-])c4)c(Oc4ccc5[nH]ccc5c4)c3)CC2)=C(c2ccc(Cl)cc2)C1. The van der Waals surface area contributed by atoms with Crippen LogP contribution in [0.2, 0.25) is 5.02 Å². The molecule has 0 saturated carbocycles. The second-order valence-corrected chi connectivity index (χ2v) is 21.3. The molecule has 15 nitrogen and oxygen atoms in total. The maximum Gasteiger partial charge on any atom is 0.293 e. The molecule has 0 bridgehead atoms. The molecule has 6 aromatic rings. The Hall–Kier alpha value is -5.82. The van der Waals surface area contributed by atoms with E-state index in [0.717, 1.165) is 117 Å². The molecule has 2 aromatic heterocycles. The van der Waals surface area contributed by atoms with Crippen LogP contribution in [0.15, 0.2) is 113 Å². The fourth-order valence-corrected chi connectivity index (χ4v) is 10.9. The molecule has 350 valence electrons. The van der Waals surface area contributed by atoms with E-state index in [-0.39, 0.29) is 22.4 Å². The third-order valence-electron chi connectivity index (χ3n) is 13.0. The molecule has 0 atom stereocenters. The quantitative estimate of drug-likeness (QED) is 0.0661. The average molecular weight is 965 g/mol. The van der Waals surface area contributed by atoms with Crippen LogP contribution in [-0.2, 0) is 16.6 Å². The van der Waals surface area contributed by atoms with Crippen LogP contribution in [0.5, 0.6) is 11.5 Å². The first-order chi connectivity index (χ1) is 32.2. The fourth-order valence-electron chi connectivity index (χ4n) is 9.14. The number of hydrogen-bond donors (Lipinski definition) is 3. The van der Waals surface area contributed by atoms with E-state index in [1.807, 2.05) is 41.9 Å². The van der Waals surface area contributed by atoms with Crippen LogP contribution in [0, 0.1) is 15.5 Å². The van der Waals surface area contributed by atoms with Crippen LogP contribution < -0.4 is 19.7 Å². The van der Waals surface area contributed by atoms with Crippen molar-refractivity contribution in [3.63, 3.8) is 0 Å². The van der Waals surface area contributed by atoms with Gasteiger partial charge in [0.25, 0.3) is 21.6 Å². The van der Waals surface area contributed by atoms with E-state index >= 15 is 0 Å². The summed E-state index contributed by atoms with van der Waals surface area (Å²) in [5.41, 5.74) is 5.82. The minimum atomic E-state index is -4.57. The summed E-state index contributed by atoms with van der Waals surface area (Å²) in [6.07, 6.45) is 6.82. The third kappa shape index (κ3) is 11.1. The number of ether oxygens (including phenoxy) is 1. The molecule has 3 N–H and O–H groups in total. The van der Waals surface area contributed by atoms with Crippen molar-refractivity contribution in [1.29, 1.82) is 0 Å². The van der Waals surface area contributed by atoms with Gasteiger partial charge in [0.15, 0.2) is 0 Å². The van der Waals surface area contributed by atoms with Crippen molar-refractivity contribution < 1.29 is 22.9 Å². The maximum absolute atomic E-state index is 14.0. The van der Waals surface area contributed by atoms with Gasteiger partial charge in [0.2, 0.25) is 0 Å². The highest BCUT2D eigenvalue weighted by molar-refractivity contribution is 7.90. The van der Waals surface area contributed by atoms with Gasteiger partial charge in [-0.05, 0) is 96.5 Å². The van der Waals surface area contributed by atoms with Crippen molar-refractivity contribution in [2.45, 2.75) is 44.6 Å². The van der Waals surface area contributed by atoms with E-state index < -0.39 is 31.4 Å². The predicted octanol–water partition coefficient (Wildman–Crippen LogP) is 9.07. The molecule has 18 heteroatoms. The zero-order valence-electron chi connectivity index (χ0n) is 37.5. The van der Waals surface area contributed by atoms with Gasteiger partial charge in [-0.2, -0.15) is 0 Å². The van der Waals surface area contributed by atoms with Crippen LogP contribution in [0.3, 0.4) is 0 Å². The number of thiazole rings is 1. The van der Waals surface area contributed by atoms with Crippen molar-refractivity contribution in [3.8, 4) is 11.5 Å². The Kier molecular flexibility index (Phi) is 13.7. The number of piperazine rings is 2. The number of H-pyrrole nitrogens is 1. The molecule has 1 aliphatic carbocycles. The molecule has 0 unspecified atom stereocenters. The summed E-state index contributed by atoms with van der Waals surface area (Å²) >= 11 is 7.88. The molecule has 3 aliphatic rings. The number of aromatic nitrogens is 2. The minimum absolute atomic E-state index is 0.0125. The highest BCUT2D eigenvalue weighted by Gasteiger charge is 2.31. The Bertz CT molecular complexity index is 2890. The van der Waals surface area contributed by atoms with Crippen LogP contribution >= 0.6 is 22.9 Å². The normalized spacial score (nSPS) is 17.4. The molecule has 4 heterocycles. The molecule has 0 spiro atoms. The number of fused-ring (bicyclic) bond motifs is 1. The van der Waals surface area contributed by atoms with Crippen LogP contribution in [-0.4, -0.2) is 109 Å². The lowest BCUT2D eigenvalue weighted by Gasteiger charge is -2.39. The second-order valence-electron chi connectivity index (χ2n) is 18.2. The van der Waals surface area contributed by atoms with Gasteiger partial charge in [-0.1, -0.05) is 43.2 Å². The summed E-state index contributed by atoms with van der Waals surface area (Å²) in [6.45, 7) is 12.9. The van der Waals surface area contributed by atoms with Gasteiger partial charge < -0.3 is 19.9 Å². The number of aromatic amines is 1. The number of halogens is 1. The first-order valence-corrected chi connectivity index (χ1v) is 25.3. The van der Waals surface area contributed by atoms with Crippen molar-refractivity contribution in [2.75, 3.05) is 75.8 Å². The van der Waals surface area contributed by atoms with Gasteiger partial charge >= 0.3 is 0 Å². The topological polar surface area (TPSA) is 169 Å². The van der Waals surface area contributed by atoms with Gasteiger partial charge in [0, 0.05) is 110 Å². The number of allylic oxidation sites excluding steroid dienone is 1. The standard InChI is InChI=1S/C49H54ClN9O6S2/c1-49(2)15-13-36(42(30-49)34-3-5-37(50)6-4-34)31-55-22-24-58(25-23-55)38-7-10-41(46(28-38)65-39-8-11-43-35(27-39)14-16-51-43)48(60)54-67(63,64)40-9-12-44(45(29-40)59(61)62)53-33-57-20-18-56(19-21-57)32-47-52-17-26-66-47/h3-12,14,16-17,26-29,51,53H,13,15,18-25,30-33H2,1-2H3,(H,54,60). The lowest BCUT2D eigenvalue weighted by Crippen LogP contribution is -2.47. The zero-order valence-corrected chi connectivity index (χ0v) is 39.9. The van der Waals surface area contributed by atoms with E-state index in [1.165, 1.54) is 28.8 Å². The fraction of sp³-hybridized carbons (Fsp3) is 0.347. The number of carbonyl (C=O) groups is 1. The second kappa shape index (κ2) is 19.8. The number of nitro benzene ring substituents is 1. The molecule has 2 aliphatic heterocycles. The molecular formula is C49H54ClN9O6S2. The number of anilines is 2. The number of nitro groups is 1.